The summed E-state index contributed by atoms with van der Waals surface area (Å²) in [5.41, 5.74) is 6.90. The molecule has 28 heavy (non-hydrogen) atoms. The zero-order valence-corrected chi connectivity index (χ0v) is 15.7. The van der Waals surface area contributed by atoms with Crippen molar-refractivity contribution in [1.82, 2.24) is 21.1 Å². The van der Waals surface area contributed by atoms with Crippen molar-refractivity contribution in [2.75, 3.05) is 26.2 Å². The maximum atomic E-state index is 12.8. The maximum absolute atomic E-state index is 12.8. The number of benzene rings is 1. The zero-order chi connectivity index (χ0) is 20.1. The molecule has 10 heteroatoms. The zero-order valence-electron chi connectivity index (χ0n) is 15.7. The average molecular weight is 391 g/mol. The van der Waals surface area contributed by atoms with Crippen molar-refractivity contribution in [3.63, 3.8) is 0 Å². The fourth-order valence-corrected chi connectivity index (χ4v) is 3.59. The maximum Gasteiger partial charge on any atom is 0.409 e. The largest absolute Gasteiger partial charge is 0.450 e. The van der Waals surface area contributed by atoms with Crippen LogP contribution in [0, 0.1) is 16.0 Å². The summed E-state index contributed by atoms with van der Waals surface area (Å²) in [4.78, 5) is 36.6. The summed E-state index contributed by atoms with van der Waals surface area (Å²) in [6.45, 7) is 3.69. The van der Waals surface area contributed by atoms with Crippen molar-refractivity contribution in [3.8, 4) is 0 Å². The van der Waals surface area contributed by atoms with Crippen molar-refractivity contribution in [1.29, 1.82) is 0 Å². The number of hydrogen-bond acceptors (Lipinski definition) is 7. The number of nitrogens with one attached hydrogen (secondary N) is 3. The molecule has 2 aliphatic heterocycles. The van der Waals surface area contributed by atoms with E-state index in [1.807, 2.05) is 0 Å². The van der Waals surface area contributed by atoms with Crippen molar-refractivity contribution >= 4 is 17.7 Å². The number of hydrazine groups is 1. The van der Waals surface area contributed by atoms with E-state index in [4.69, 9.17) is 4.74 Å². The monoisotopic (exact) mass is 391 g/mol. The highest BCUT2D eigenvalue weighted by molar-refractivity contribution is 5.80. The van der Waals surface area contributed by atoms with E-state index in [-0.39, 0.29) is 35.7 Å². The van der Waals surface area contributed by atoms with Gasteiger partial charge in [-0.2, -0.15) is 0 Å². The highest BCUT2D eigenvalue weighted by atomic mass is 16.6. The molecule has 152 valence electrons. The number of rotatable bonds is 5. The lowest BCUT2D eigenvalue weighted by atomic mass is 9.93. The van der Waals surface area contributed by atoms with E-state index >= 15 is 0 Å². The minimum atomic E-state index is -0.447. The SMILES string of the molecule is CCOC(=O)N1CCC(NC(=O)C2CNNC2c2ccc([N+](=O)[O-])cc2)CC1. The highest BCUT2D eigenvalue weighted by Gasteiger charge is 2.35. The number of hydrogen-bond donors (Lipinski definition) is 3. The first-order valence-corrected chi connectivity index (χ1v) is 9.44. The molecule has 10 nitrogen and oxygen atoms in total. The Morgan fingerprint density at radius 3 is 2.57 bits per heavy atom. The van der Waals surface area contributed by atoms with Gasteiger partial charge in [0.15, 0.2) is 0 Å². The van der Waals surface area contributed by atoms with E-state index in [1.54, 1.807) is 24.0 Å². The van der Waals surface area contributed by atoms with E-state index in [2.05, 4.69) is 16.2 Å². The summed E-state index contributed by atoms with van der Waals surface area (Å²) in [5, 5.41) is 13.9. The van der Waals surface area contributed by atoms with E-state index in [9.17, 15) is 19.7 Å². The third kappa shape index (κ3) is 4.57. The molecule has 2 fully saturated rings. The summed E-state index contributed by atoms with van der Waals surface area (Å²) in [5.74, 6) is -0.403. The lowest BCUT2D eigenvalue weighted by Crippen LogP contribution is -2.48. The van der Waals surface area contributed by atoms with Gasteiger partial charge in [0.2, 0.25) is 5.91 Å². The number of amides is 2. The van der Waals surface area contributed by atoms with Gasteiger partial charge in [0.05, 0.1) is 23.5 Å². The fourth-order valence-electron chi connectivity index (χ4n) is 3.59. The first-order chi connectivity index (χ1) is 13.5. The molecule has 2 amide bonds. The van der Waals surface area contributed by atoms with Crippen LogP contribution in [0.3, 0.4) is 0 Å². The van der Waals surface area contributed by atoms with E-state index in [0.29, 0.717) is 39.1 Å². The minimum absolute atomic E-state index is 0.0105. The molecule has 1 aromatic rings. The number of carbonyl (C=O) groups is 2. The molecule has 2 aliphatic rings. The van der Waals surface area contributed by atoms with E-state index in [1.165, 1.54) is 12.1 Å². The number of nitro benzene ring substituents is 1. The van der Waals surface area contributed by atoms with Crippen LogP contribution in [-0.2, 0) is 9.53 Å². The molecule has 2 atom stereocenters. The molecule has 2 heterocycles. The molecule has 0 saturated carbocycles. The van der Waals surface area contributed by atoms with Crippen LogP contribution >= 0.6 is 0 Å². The second-order valence-electron chi connectivity index (χ2n) is 6.93. The number of non-ortho nitro benzene ring substituents is 1. The van der Waals surface area contributed by atoms with Gasteiger partial charge in [0, 0.05) is 37.8 Å². The fraction of sp³-hybridized carbons (Fsp3) is 0.556. The van der Waals surface area contributed by atoms with E-state index < -0.39 is 4.92 Å². The first-order valence-electron chi connectivity index (χ1n) is 9.44. The molecule has 0 aromatic heterocycles. The van der Waals surface area contributed by atoms with Gasteiger partial charge in [-0.1, -0.05) is 12.1 Å². The Balaban J connectivity index is 1.55. The Kier molecular flexibility index (Phi) is 6.42. The van der Waals surface area contributed by atoms with Crippen LogP contribution in [0.5, 0.6) is 0 Å². The first kappa shape index (κ1) is 20.0. The molecule has 1 aromatic carbocycles. The third-order valence-corrected chi connectivity index (χ3v) is 5.15. The minimum Gasteiger partial charge on any atom is -0.450 e. The van der Waals surface area contributed by atoms with Crippen LogP contribution in [0.25, 0.3) is 0 Å². The summed E-state index contributed by atoms with van der Waals surface area (Å²) in [6, 6.07) is 5.96. The molecule has 0 bridgehead atoms. The number of piperidine rings is 1. The van der Waals surface area contributed by atoms with Crippen LogP contribution in [0.2, 0.25) is 0 Å². The number of likely N-dealkylation sites (tertiary alicyclic amines) is 1. The molecular weight excluding hydrogens is 366 g/mol. The summed E-state index contributed by atoms with van der Waals surface area (Å²) in [6.07, 6.45) is 1.05. The smallest absolute Gasteiger partial charge is 0.409 e. The van der Waals surface area contributed by atoms with Crippen molar-refractivity contribution < 1.29 is 19.2 Å². The van der Waals surface area contributed by atoms with Gasteiger partial charge >= 0.3 is 6.09 Å². The lowest BCUT2D eigenvalue weighted by molar-refractivity contribution is -0.384. The number of nitro groups is 1. The summed E-state index contributed by atoms with van der Waals surface area (Å²) < 4.78 is 5.01. The predicted octanol–water partition coefficient (Wildman–Crippen LogP) is 1.10. The second kappa shape index (κ2) is 8.98. The molecule has 2 saturated heterocycles. The summed E-state index contributed by atoms with van der Waals surface area (Å²) >= 11 is 0. The molecule has 0 aliphatic carbocycles. The molecule has 3 N–H and O–H groups in total. The predicted molar refractivity (Wildman–Crippen MR) is 100 cm³/mol. The average Bonchev–Trinajstić information content (AvgIpc) is 3.19. The van der Waals surface area contributed by atoms with Crippen LogP contribution in [-0.4, -0.2) is 54.1 Å². The van der Waals surface area contributed by atoms with Crippen molar-refractivity contribution in [2.45, 2.75) is 31.8 Å². The molecule has 0 radical (unpaired) electrons. The second-order valence-corrected chi connectivity index (χ2v) is 6.93. The topological polar surface area (TPSA) is 126 Å². The Labute approximate surface area is 162 Å². The van der Waals surface area contributed by atoms with Crippen LogP contribution in [0.15, 0.2) is 24.3 Å². The van der Waals surface area contributed by atoms with E-state index in [0.717, 1.165) is 5.56 Å². The Morgan fingerprint density at radius 1 is 1.29 bits per heavy atom. The Morgan fingerprint density at radius 2 is 1.96 bits per heavy atom. The van der Waals surface area contributed by atoms with Gasteiger partial charge in [-0.25, -0.2) is 10.2 Å². The Bertz CT molecular complexity index is 718. The van der Waals surface area contributed by atoms with Gasteiger partial charge in [-0.05, 0) is 25.3 Å². The van der Waals surface area contributed by atoms with Crippen LogP contribution in [0.1, 0.15) is 31.4 Å². The Hall–Kier alpha value is -2.72. The third-order valence-electron chi connectivity index (χ3n) is 5.15. The van der Waals surface area contributed by atoms with Gasteiger partial charge in [-0.15, -0.1) is 0 Å². The van der Waals surface area contributed by atoms with Crippen molar-refractivity contribution in [2.24, 2.45) is 5.92 Å². The normalized spacial score (nSPS) is 22.7. The molecule has 0 spiro atoms. The van der Waals surface area contributed by atoms with Gasteiger partial charge < -0.3 is 15.0 Å². The van der Waals surface area contributed by atoms with Gasteiger partial charge in [0.25, 0.3) is 5.69 Å². The number of nitrogens with zero attached hydrogens (tertiary/aromatic N) is 2. The van der Waals surface area contributed by atoms with Crippen molar-refractivity contribution in [3.05, 3.63) is 39.9 Å². The molecular formula is C18H25N5O5. The van der Waals surface area contributed by atoms with Gasteiger partial charge in [0.1, 0.15) is 0 Å². The molecule has 2 unspecified atom stereocenters. The number of ether oxygens (including phenoxy) is 1. The lowest BCUT2D eigenvalue weighted by Gasteiger charge is -2.32. The van der Waals surface area contributed by atoms with Gasteiger partial charge in [-0.3, -0.25) is 20.3 Å². The van der Waals surface area contributed by atoms with Crippen LogP contribution < -0.4 is 16.2 Å². The highest BCUT2D eigenvalue weighted by Crippen LogP contribution is 2.27. The number of carbonyl (C=O) groups excluding carboxylic acids is 2. The quantitative estimate of drug-likeness (QED) is 0.507. The molecule has 3 rings (SSSR count). The van der Waals surface area contributed by atoms with Crippen LogP contribution in [0.4, 0.5) is 10.5 Å². The summed E-state index contributed by atoms with van der Waals surface area (Å²) in [7, 11) is 0. The standard InChI is InChI=1S/C18H25N5O5/c1-2-28-18(25)22-9-7-13(8-10-22)20-17(24)15-11-19-21-16(15)12-3-5-14(6-4-12)23(26)27/h3-6,13,15-16,19,21H,2,7-11H2,1H3,(H,20,24).